The molecule has 0 saturated heterocycles. The quantitative estimate of drug-likeness (QED) is 0.473. The molecule has 2 unspecified atom stereocenters. The summed E-state index contributed by atoms with van der Waals surface area (Å²) in [7, 11) is 5.42. The normalized spacial score (nSPS) is 16.8. The van der Waals surface area contributed by atoms with Crippen LogP contribution in [-0.2, 0) is 11.2 Å². The number of hydrogen-bond acceptors (Lipinski definition) is 4. The molecule has 0 aliphatic carbocycles. The lowest BCUT2D eigenvalue weighted by molar-refractivity contribution is -0.120. The molecule has 0 spiro atoms. The molecule has 1 N–H and O–H groups in total. The van der Waals surface area contributed by atoms with E-state index in [9.17, 15) is 4.79 Å². The van der Waals surface area contributed by atoms with Crippen molar-refractivity contribution in [1.82, 2.24) is 4.90 Å². The van der Waals surface area contributed by atoms with E-state index in [4.69, 9.17) is 9.47 Å². The number of ether oxygens (including phenoxy) is 2. The first-order chi connectivity index (χ1) is 16.0. The van der Waals surface area contributed by atoms with Gasteiger partial charge in [0.25, 0.3) is 0 Å². The second-order valence-corrected chi connectivity index (χ2v) is 8.99. The number of fused-ring (bicyclic) bond motifs is 2. The van der Waals surface area contributed by atoms with Gasteiger partial charge in [-0.2, -0.15) is 0 Å². The van der Waals surface area contributed by atoms with Crippen molar-refractivity contribution < 1.29 is 14.3 Å². The summed E-state index contributed by atoms with van der Waals surface area (Å²) < 4.78 is 10.8. The standard InChI is InChI=1S/C28H34N2O3/c1-19(22-13-11-20-8-5-6-9-23(20)16-22)30(2)15-7-10-21-12-14-24-17-26(32-3)27(33-4)18-25(24)29-28(21)31/h5-6,8-9,11,13,16-19,21H,7,10,12,14-15H2,1-4H3,(H,29,31). The van der Waals surface area contributed by atoms with Crippen LogP contribution >= 0.6 is 0 Å². The molecule has 1 heterocycles. The number of methoxy groups -OCH3 is 2. The molecule has 1 amide bonds. The van der Waals surface area contributed by atoms with Crippen molar-refractivity contribution in [3.63, 3.8) is 0 Å². The van der Waals surface area contributed by atoms with Crippen molar-refractivity contribution in [3.8, 4) is 11.5 Å². The van der Waals surface area contributed by atoms with Crippen molar-refractivity contribution >= 4 is 22.4 Å². The number of carbonyl (C=O) groups excluding carboxylic acids is 1. The SMILES string of the molecule is COc1cc2c(cc1OC)NC(=O)C(CCCN(C)C(C)c1ccc3ccccc3c1)CC2. The number of hydrogen-bond donors (Lipinski definition) is 1. The average Bonchev–Trinajstić information content (AvgIpc) is 2.99. The van der Waals surface area contributed by atoms with E-state index in [1.807, 2.05) is 12.1 Å². The molecule has 5 heteroatoms. The van der Waals surface area contributed by atoms with Gasteiger partial charge in [-0.3, -0.25) is 9.69 Å². The Morgan fingerprint density at radius 2 is 1.76 bits per heavy atom. The van der Waals surface area contributed by atoms with Crippen molar-refractivity contribution in [2.75, 3.05) is 33.1 Å². The molecular formula is C28H34N2O3. The Hall–Kier alpha value is -3.05. The number of aryl methyl sites for hydroxylation is 1. The highest BCUT2D eigenvalue weighted by molar-refractivity contribution is 5.94. The minimum absolute atomic E-state index is 0.0127. The summed E-state index contributed by atoms with van der Waals surface area (Å²) in [6, 6.07) is 19.4. The largest absolute Gasteiger partial charge is 0.493 e. The summed E-state index contributed by atoms with van der Waals surface area (Å²) in [5.41, 5.74) is 3.26. The first kappa shape index (κ1) is 23.1. The highest BCUT2D eigenvalue weighted by atomic mass is 16.5. The molecule has 3 aromatic rings. The highest BCUT2D eigenvalue weighted by Crippen LogP contribution is 2.36. The van der Waals surface area contributed by atoms with Crippen LogP contribution in [0.15, 0.2) is 54.6 Å². The van der Waals surface area contributed by atoms with Crippen LogP contribution in [0.2, 0.25) is 0 Å². The van der Waals surface area contributed by atoms with Crippen LogP contribution in [0, 0.1) is 5.92 Å². The van der Waals surface area contributed by atoms with Gasteiger partial charge in [0.05, 0.1) is 14.2 Å². The predicted molar refractivity (Wildman–Crippen MR) is 134 cm³/mol. The monoisotopic (exact) mass is 446 g/mol. The van der Waals surface area contributed by atoms with Crippen LogP contribution in [-0.4, -0.2) is 38.6 Å². The maximum absolute atomic E-state index is 12.9. The molecule has 0 fully saturated rings. The number of amides is 1. The van der Waals surface area contributed by atoms with Gasteiger partial charge >= 0.3 is 0 Å². The second kappa shape index (κ2) is 10.3. The molecule has 33 heavy (non-hydrogen) atoms. The lowest BCUT2D eigenvalue weighted by atomic mass is 9.95. The molecule has 2 atom stereocenters. The third-order valence-corrected chi connectivity index (χ3v) is 6.98. The minimum atomic E-state index is 0.0127. The van der Waals surface area contributed by atoms with Crippen molar-refractivity contribution in [3.05, 3.63) is 65.7 Å². The van der Waals surface area contributed by atoms with Gasteiger partial charge in [0, 0.05) is 23.7 Å². The first-order valence-corrected chi connectivity index (χ1v) is 11.7. The summed E-state index contributed by atoms with van der Waals surface area (Å²) in [6.45, 7) is 3.20. The van der Waals surface area contributed by atoms with Crippen LogP contribution in [0.3, 0.4) is 0 Å². The zero-order chi connectivity index (χ0) is 23.4. The molecule has 1 aliphatic rings. The smallest absolute Gasteiger partial charge is 0.227 e. The fraction of sp³-hybridized carbons (Fsp3) is 0.393. The average molecular weight is 447 g/mol. The molecular weight excluding hydrogens is 412 g/mol. The predicted octanol–water partition coefficient (Wildman–Crippen LogP) is 5.83. The molecule has 0 saturated carbocycles. The highest BCUT2D eigenvalue weighted by Gasteiger charge is 2.25. The number of anilines is 1. The zero-order valence-corrected chi connectivity index (χ0v) is 20.1. The van der Waals surface area contributed by atoms with Crippen LogP contribution in [0.1, 0.15) is 43.4 Å². The van der Waals surface area contributed by atoms with Crippen LogP contribution in [0.5, 0.6) is 11.5 Å². The molecule has 5 nitrogen and oxygen atoms in total. The van der Waals surface area contributed by atoms with Gasteiger partial charge in [0.1, 0.15) is 0 Å². The molecule has 0 bridgehead atoms. The summed E-state index contributed by atoms with van der Waals surface area (Å²) in [5.74, 6) is 1.46. The van der Waals surface area contributed by atoms with Gasteiger partial charge in [-0.15, -0.1) is 0 Å². The fourth-order valence-corrected chi connectivity index (χ4v) is 4.72. The van der Waals surface area contributed by atoms with E-state index in [1.54, 1.807) is 14.2 Å². The maximum atomic E-state index is 12.9. The van der Waals surface area contributed by atoms with E-state index in [1.165, 1.54) is 16.3 Å². The van der Waals surface area contributed by atoms with E-state index < -0.39 is 0 Å². The first-order valence-electron chi connectivity index (χ1n) is 11.7. The summed E-state index contributed by atoms with van der Waals surface area (Å²) in [6.07, 6.45) is 3.55. The van der Waals surface area contributed by atoms with Gasteiger partial charge in [-0.05, 0) is 80.2 Å². The van der Waals surface area contributed by atoms with Crippen LogP contribution < -0.4 is 14.8 Å². The maximum Gasteiger partial charge on any atom is 0.227 e. The topological polar surface area (TPSA) is 50.8 Å². The Labute approximate surface area is 196 Å². The Balaban J connectivity index is 1.34. The summed E-state index contributed by atoms with van der Waals surface area (Å²) in [4.78, 5) is 15.3. The Morgan fingerprint density at radius 1 is 1.03 bits per heavy atom. The van der Waals surface area contributed by atoms with E-state index in [-0.39, 0.29) is 11.8 Å². The molecule has 0 aromatic heterocycles. The Morgan fingerprint density at radius 3 is 2.52 bits per heavy atom. The second-order valence-electron chi connectivity index (χ2n) is 8.99. The van der Waals surface area contributed by atoms with E-state index in [2.05, 4.69) is 66.7 Å². The molecule has 174 valence electrons. The lowest BCUT2D eigenvalue weighted by Crippen LogP contribution is -2.26. The third-order valence-electron chi connectivity index (χ3n) is 6.98. The lowest BCUT2D eigenvalue weighted by Gasteiger charge is -2.26. The van der Waals surface area contributed by atoms with Crippen molar-refractivity contribution in [2.45, 2.75) is 38.6 Å². The number of carbonyl (C=O) groups is 1. The van der Waals surface area contributed by atoms with Gasteiger partial charge < -0.3 is 14.8 Å². The number of nitrogens with one attached hydrogen (secondary N) is 1. The Kier molecular flexibility index (Phi) is 7.19. The number of rotatable bonds is 8. The number of nitrogens with zero attached hydrogens (tertiary/aromatic N) is 1. The van der Waals surface area contributed by atoms with E-state index >= 15 is 0 Å². The van der Waals surface area contributed by atoms with Gasteiger partial charge in [-0.25, -0.2) is 0 Å². The summed E-state index contributed by atoms with van der Waals surface area (Å²) in [5, 5.41) is 5.66. The molecule has 4 rings (SSSR count). The Bertz CT molecular complexity index is 1130. The van der Waals surface area contributed by atoms with Gasteiger partial charge in [0.2, 0.25) is 5.91 Å². The number of benzene rings is 3. The van der Waals surface area contributed by atoms with Crippen molar-refractivity contribution in [1.29, 1.82) is 0 Å². The fourth-order valence-electron chi connectivity index (χ4n) is 4.72. The van der Waals surface area contributed by atoms with E-state index in [0.717, 1.165) is 43.5 Å². The van der Waals surface area contributed by atoms with Crippen LogP contribution in [0.25, 0.3) is 10.8 Å². The summed E-state index contributed by atoms with van der Waals surface area (Å²) >= 11 is 0. The van der Waals surface area contributed by atoms with E-state index in [0.29, 0.717) is 17.5 Å². The molecule has 1 aliphatic heterocycles. The van der Waals surface area contributed by atoms with Gasteiger partial charge in [0.15, 0.2) is 11.5 Å². The molecule has 0 radical (unpaired) electrons. The zero-order valence-electron chi connectivity index (χ0n) is 20.1. The molecule has 3 aromatic carbocycles. The van der Waals surface area contributed by atoms with Gasteiger partial charge in [-0.1, -0.05) is 36.4 Å². The van der Waals surface area contributed by atoms with Crippen LogP contribution in [0.4, 0.5) is 5.69 Å². The third kappa shape index (κ3) is 5.14. The van der Waals surface area contributed by atoms with Crippen molar-refractivity contribution in [2.24, 2.45) is 5.92 Å². The minimum Gasteiger partial charge on any atom is -0.493 e.